The lowest BCUT2D eigenvalue weighted by molar-refractivity contribution is 0.266. The summed E-state index contributed by atoms with van der Waals surface area (Å²) in [6, 6.07) is 0. The number of aliphatic hydroxyl groups is 1. The minimum Gasteiger partial charge on any atom is -0.396 e. The third kappa shape index (κ3) is 5.64. The Morgan fingerprint density at radius 1 is 1.07 bits per heavy atom. The largest absolute Gasteiger partial charge is 0.396 e. The van der Waals surface area contributed by atoms with Crippen molar-refractivity contribution >= 4 is 0 Å². The molecule has 1 rings (SSSR count). The van der Waals surface area contributed by atoms with Crippen LogP contribution in [-0.4, -0.2) is 11.7 Å². The molecule has 1 heteroatoms. The quantitative estimate of drug-likeness (QED) is 0.589. The first kappa shape index (κ1) is 12.0. The van der Waals surface area contributed by atoms with Gasteiger partial charge in [-0.05, 0) is 30.6 Å². The topological polar surface area (TPSA) is 20.2 Å². The van der Waals surface area contributed by atoms with Crippen LogP contribution in [0.3, 0.4) is 0 Å². The van der Waals surface area contributed by atoms with Crippen LogP contribution in [0.2, 0.25) is 0 Å². The van der Waals surface area contributed by atoms with E-state index in [9.17, 15) is 0 Å². The Morgan fingerprint density at radius 2 is 1.71 bits per heavy atom. The number of hydrogen-bond acceptors (Lipinski definition) is 1. The SMILES string of the molecule is CC(C)(CCCCCCO)CC1CC1. The molecule has 0 aromatic carbocycles. The van der Waals surface area contributed by atoms with Crippen molar-refractivity contribution < 1.29 is 5.11 Å². The molecule has 0 aromatic heterocycles. The summed E-state index contributed by atoms with van der Waals surface area (Å²) in [4.78, 5) is 0. The second kappa shape index (κ2) is 5.75. The predicted molar refractivity (Wildman–Crippen MR) is 61.3 cm³/mol. The summed E-state index contributed by atoms with van der Waals surface area (Å²) >= 11 is 0. The average Bonchev–Trinajstić information content (AvgIpc) is 2.87. The van der Waals surface area contributed by atoms with Crippen LogP contribution in [0.25, 0.3) is 0 Å². The first-order valence-corrected chi connectivity index (χ1v) is 6.25. The van der Waals surface area contributed by atoms with Gasteiger partial charge < -0.3 is 5.11 Å². The molecule has 0 heterocycles. The fourth-order valence-electron chi connectivity index (χ4n) is 2.27. The summed E-state index contributed by atoms with van der Waals surface area (Å²) in [6.45, 7) is 5.19. The fraction of sp³-hybridized carbons (Fsp3) is 1.00. The van der Waals surface area contributed by atoms with Crippen molar-refractivity contribution in [2.24, 2.45) is 11.3 Å². The number of unbranched alkanes of at least 4 members (excludes halogenated alkanes) is 3. The Morgan fingerprint density at radius 3 is 2.29 bits per heavy atom. The Hall–Kier alpha value is -0.0400. The minimum atomic E-state index is 0.367. The van der Waals surface area contributed by atoms with E-state index < -0.39 is 0 Å². The first-order valence-electron chi connectivity index (χ1n) is 6.25. The van der Waals surface area contributed by atoms with Gasteiger partial charge in [0.15, 0.2) is 0 Å². The van der Waals surface area contributed by atoms with Crippen molar-refractivity contribution in [2.75, 3.05) is 6.61 Å². The van der Waals surface area contributed by atoms with Crippen LogP contribution >= 0.6 is 0 Å². The summed E-state index contributed by atoms with van der Waals surface area (Å²) in [5.74, 6) is 1.06. The Labute approximate surface area is 88.9 Å². The van der Waals surface area contributed by atoms with Crippen LogP contribution in [0.1, 0.15) is 65.2 Å². The van der Waals surface area contributed by atoms with Crippen molar-refractivity contribution in [1.82, 2.24) is 0 Å². The Bertz CT molecular complexity index is 147. The zero-order chi connectivity index (χ0) is 10.4. The standard InChI is InChI=1S/C13H26O/c1-13(2,11-12-7-8-12)9-5-3-4-6-10-14/h12,14H,3-11H2,1-2H3. The van der Waals surface area contributed by atoms with Crippen molar-refractivity contribution in [2.45, 2.75) is 65.2 Å². The van der Waals surface area contributed by atoms with Gasteiger partial charge in [0, 0.05) is 6.61 Å². The van der Waals surface area contributed by atoms with Gasteiger partial charge >= 0.3 is 0 Å². The van der Waals surface area contributed by atoms with Crippen LogP contribution in [0.4, 0.5) is 0 Å². The zero-order valence-corrected chi connectivity index (χ0v) is 9.89. The molecule has 84 valence electrons. The summed E-state index contributed by atoms with van der Waals surface area (Å²) in [5.41, 5.74) is 0.570. The lowest BCUT2D eigenvalue weighted by Gasteiger charge is -2.24. The maximum atomic E-state index is 8.65. The third-order valence-corrected chi connectivity index (χ3v) is 3.30. The van der Waals surface area contributed by atoms with Crippen molar-refractivity contribution in [3.05, 3.63) is 0 Å². The molecule has 1 saturated carbocycles. The molecule has 0 saturated heterocycles. The molecule has 0 spiro atoms. The lowest BCUT2D eigenvalue weighted by Crippen LogP contribution is -2.11. The molecule has 14 heavy (non-hydrogen) atoms. The average molecular weight is 198 g/mol. The maximum absolute atomic E-state index is 8.65. The van der Waals surface area contributed by atoms with Crippen molar-refractivity contribution in [1.29, 1.82) is 0 Å². The Kier molecular flexibility index (Phi) is 4.94. The molecule has 0 atom stereocenters. The van der Waals surface area contributed by atoms with Gasteiger partial charge in [-0.25, -0.2) is 0 Å². The summed E-state index contributed by atoms with van der Waals surface area (Å²) in [7, 11) is 0. The second-order valence-electron chi connectivity index (χ2n) is 5.70. The molecule has 1 fully saturated rings. The van der Waals surface area contributed by atoms with E-state index in [2.05, 4.69) is 13.8 Å². The van der Waals surface area contributed by atoms with E-state index in [1.165, 1.54) is 44.9 Å². The van der Waals surface area contributed by atoms with E-state index in [1.807, 2.05) is 0 Å². The van der Waals surface area contributed by atoms with E-state index in [4.69, 9.17) is 5.11 Å². The summed E-state index contributed by atoms with van der Waals surface area (Å²) < 4.78 is 0. The molecular weight excluding hydrogens is 172 g/mol. The second-order valence-corrected chi connectivity index (χ2v) is 5.70. The van der Waals surface area contributed by atoms with Gasteiger partial charge in [-0.15, -0.1) is 0 Å². The maximum Gasteiger partial charge on any atom is 0.0431 e. The van der Waals surface area contributed by atoms with Crippen LogP contribution in [0, 0.1) is 11.3 Å². The van der Waals surface area contributed by atoms with Crippen LogP contribution in [0.5, 0.6) is 0 Å². The molecule has 0 aliphatic heterocycles. The van der Waals surface area contributed by atoms with Gasteiger partial charge in [0.05, 0.1) is 0 Å². The predicted octanol–water partition coefficient (Wildman–Crippen LogP) is 3.76. The molecule has 0 unspecified atom stereocenters. The molecule has 1 aliphatic rings. The highest BCUT2D eigenvalue weighted by atomic mass is 16.2. The number of hydrogen-bond donors (Lipinski definition) is 1. The molecule has 0 amide bonds. The third-order valence-electron chi connectivity index (χ3n) is 3.30. The highest BCUT2D eigenvalue weighted by Crippen LogP contribution is 2.42. The molecule has 0 radical (unpaired) electrons. The number of rotatable bonds is 8. The first-order chi connectivity index (χ1) is 6.64. The molecule has 0 aromatic rings. The lowest BCUT2D eigenvalue weighted by atomic mass is 9.82. The van der Waals surface area contributed by atoms with Gasteiger partial charge in [0.25, 0.3) is 0 Å². The molecule has 1 aliphatic carbocycles. The smallest absolute Gasteiger partial charge is 0.0431 e. The van der Waals surface area contributed by atoms with Crippen LogP contribution < -0.4 is 0 Å². The van der Waals surface area contributed by atoms with Crippen molar-refractivity contribution in [3.63, 3.8) is 0 Å². The van der Waals surface area contributed by atoms with E-state index >= 15 is 0 Å². The van der Waals surface area contributed by atoms with Crippen LogP contribution in [0.15, 0.2) is 0 Å². The van der Waals surface area contributed by atoms with Gasteiger partial charge in [0.1, 0.15) is 0 Å². The normalized spacial score (nSPS) is 17.4. The van der Waals surface area contributed by atoms with E-state index in [0.717, 1.165) is 12.3 Å². The minimum absolute atomic E-state index is 0.367. The Balaban J connectivity index is 1.97. The summed E-state index contributed by atoms with van der Waals surface area (Å²) in [5, 5.41) is 8.65. The molecule has 0 bridgehead atoms. The molecular formula is C13H26O. The summed E-state index contributed by atoms with van der Waals surface area (Å²) in [6.07, 6.45) is 10.6. The zero-order valence-electron chi connectivity index (χ0n) is 9.89. The number of aliphatic hydroxyl groups excluding tert-OH is 1. The van der Waals surface area contributed by atoms with Gasteiger partial charge in [-0.3, -0.25) is 0 Å². The van der Waals surface area contributed by atoms with E-state index in [0.29, 0.717) is 12.0 Å². The van der Waals surface area contributed by atoms with E-state index in [1.54, 1.807) is 0 Å². The highest BCUT2D eigenvalue weighted by Gasteiger charge is 2.29. The monoisotopic (exact) mass is 198 g/mol. The molecule has 1 N–H and O–H groups in total. The highest BCUT2D eigenvalue weighted by molar-refractivity contribution is 4.81. The van der Waals surface area contributed by atoms with Gasteiger partial charge in [-0.1, -0.05) is 46.0 Å². The van der Waals surface area contributed by atoms with Gasteiger partial charge in [-0.2, -0.15) is 0 Å². The van der Waals surface area contributed by atoms with Crippen LogP contribution in [-0.2, 0) is 0 Å². The van der Waals surface area contributed by atoms with Gasteiger partial charge in [0.2, 0.25) is 0 Å². The van der Waals surface area contributed by atoms with E-state index in [-0.39, 0.29) is 0 Å². The fourth-order valence-corrected chi connectivity index (χ4v) is 2.27. The molecule has 1 nitrogen and oxygen atoms in total. The van der Waals surface area contributed by atoms with Crippen molar-refractivity contribution in [3.8, 4) is 0 Å².